The van der Waals surface area contributed by atoms with Crippen molar-refractivity contribution in [3.05, 3.63) is 23.9 Å². The van der Waals surface area contributed by atoms with Gasteiger partial charge in [-0.2, -0.15) is 0 Å². The standard InChI is InChI=1S/C12H20N4O/c1-17-12(6-2-3-7-12)10(16-14)9-5-4-8-15-11(9)13/h4-5,8,10,16H,2-3,6-7,14H2,1H3,(H2,13,15). The average molecular weight is 236 g/mol. The molecule has 1 saturated carbocycles. The van der Waals surface area contributed by atoms with Crippen LogP contribution in [0, 0.1) is 0 Å². The average Bonchev–Trinajstić information content (AvgIpc) is 2.82. The molecule has 1 heterocycles. The third-order valence-electron chi connectivity index (χ3n) is 3.73. The van der Waals surface area contributed by atoms with E-state index in [9.17, 15) is 0 Å². The van der Waals surface area contributed by atoms with Crippen LogP contribution in [0.1, 0.15) is 37.3 Å². The Morgan fingerprint density at radius 1 is 1.47 bits per heavy atom. The number of nitrogens with zero attached hydrogens (tertiary/aromatic N) is 1. The molecule has 5 nitrogen and oxygen atoms in total. The molecule has 0 aromatic carbocycles. The number of nitrogens with one attached hydrogen (secondary N) is 1. The molecule has 1 aromatic heterocycles. The third kappa shape index (κ3) is 2.13. The Hall–Kier alpha value is -1.17. The zero-order valence-electron chi connectivity index (χ0n) is 10.1. The van der Waals surface area contributed by atoms with E-state index in [1.165, 1.54) is 0 Å². The molecule has 0 amide bonds. The second-order valence-corrected chi connectivity index (χ2v) is 4.55. The predicted molar refractivity (Wildman–Crippen MR) is 66.9 cm³/mol. The summed E-state index contributed by atoms with van der Waals surface area (Å²) in [6.07, 6.45) is 5.98. The summed E-state index contributed by atoms with van der Waals surface area (Å²) in [5.74, 6) is 6.21. The Morgan fingerprint density at radius 2 is 2.18 bits per heavy atom. The minimum Gasteiger partial charge on any atom is -0.383 e. The molecule has 17 heavy (non-hydrogen) atoms. The van der Waals surface area contributed by atoms with Gasteiger partial charge >= 0.3 is 0 Å². The molecule has 5 N–H and O–H groups in total. The number of pyridine rings is 1. The molecule has 94 valence electrons. The largest absolute Gasteiger partial charge is 0.383 e. The molecule has 1 fully saturated rings. The molecule has 5 heteroatoms. The number of rotatable bonds is 4. The number of nitrogen functional groups attached to an aromatic ring is 1. The van der Waals surface area contributed by atoms with E-state index < -0.39 is 0 Å². The van der Waals surface area contributed by atoms with Gasteiger partial charge < -0.3 is 10.5 Å². The van der Waals surface area contributed by atoms with Crippen LogP contribution in [-0.4, -0.2) is 17.7 Å². The summed E-state index contributed by atoms with van der Waals surface area (Å²) in [4.78, 5) is 4.11. The summed E-state index contributed by atoms with van der Waals surface area (Å²) >= 11 is 0. The molecule has 1 atom stereocenters. The second kappa shape index (κ2) is 5.00. The van der Waals surface area contributed by atoms with Crippen molar-refractivity contribution in [1.29, 1.82) is 0 Å². The van der Waals surface area contributed by atoms with Crippen LogP contribution < -0.4 is 17.0 Å². The van der Waals surface area contributed by atoms with Gasteiger partial charge in [-0.25, -0.2) is 10.4 Å². The van der Waals surface area contributed by atoms with Crippen LogP contribution in [0.3, 0.4) is 0 Å². The minimum atomic E-state index is -0.258. The molecule has 1 aliphatic carbocycles. The van der Waals surface area contributed by atoms with Crippen LogP contribution in [0.2, 0.25) is 0 Å². The molecule has 2 rings (SSSR count). The molecular weight excluding hydrogens is 216 g/mol. The zero-order chi connectivity index (χ0) is 12.3. The molecule has 1 unspecified atom stereocenters. The van der Waals surface area contributed by atoms with Crippen molar-refractivity contribution >= 4 is 5.82 Å². The Labute approximate surface area is 102 Å². The quantitative estimate of drug-likeness (QED) is 0.539. The monoisotopic (exact) mass is 236 g/mol. The van der Waals surface area contributed by atoms with Gasteiger partial charge in [0.1, 0.15) is 5.82 Å². The first kappa shape index (κ1) is 12.3. The zero-order valence-corrected chi connectivity index (χ0v) is 10.1. The van der Waals surface area contributed by atoms with Crippen molar-refractivity contribution in [2.75, 3.05) is 12.8 Å². The molecule has 0 radical (unpaired) electrons. The van der Waals surface area contributed by atoms with E-state index in [0.717, 1.165) is 31.2 Å². The maximum Gasteiger partial charge on any atom is 0.128 e. The Kier molecular flexibility index (Phi) is 3.61. The fraction of sp³-hybridized carbons (Fsp3) is 0.583. The van der Waals surface area contributed by atoms with Gasteiger partial charge in [-0.3, -0.25) is 5.84 Å². The first-order valence-electron chi connectivity index (χ1n) is 5.95. The summed E-state index contributed by atoms with van der Waals surface area (Å²) in [7, 11) is 1.74. The van der Waals surface area contributed by atoms with Crippen molar-refractivity contribution < 1.29 is 4.74 Å². The van der Waals surface area contributed by atoms with E-state index in [0.29, 0.717) is 5.82 Å². The van der Waals surface area contributed by atoms with Crippen LogP contribution in [-0.2, 0) is 4.74 Å². The number of hydrogen-bond acceptors (Lipinski definition) is 5. The topological polar surface area (TPSA) is 86.2 Å². The molecule has 0 spiro atoms. The van der Waals surface area contributed by atoms with Crippen LogP contribution >= 0.6 is 0 Å². The van der Waals surface area contributed by atoms with Crippen molar-refractivity contribution in [2.45, 2.75) is 37.3 Å². The minimum absolute atomic E-state index is 0.108. The molecule has 0 aliphatic heterocycles. The van der Waals surface area contributed by atoms with Gasteiger partial charge in [0.2, 0.25) is 0 Å². The van der Waals surface area contributed by atoms with Gasteiger partial charge in [0, 0.05) is 18.9 Å². The molecule has 1 aliphatic rings. The molecule has 0 bridgehead atoms. The van der Waals surface area contributed by atoms with E-state index in [-0.39, 0.29) is 11.6 Å². The summed E-state index contributed by atoms with van der Waals surface area (Å²) in [5.41, 5.74) is 9.42. The first-order valence-corrected chi connectivity index (χ1v) is 5.95. The SMILES string of the molecule is COC1(C(NN)c2cccnc2N)CCCC1. The highest BCUT2D eigenvalue weighted by Crippen LogP contribution is 2.43. The van der Waals surface area contributed by atoms with Gasteiger partial charge in [0.25, 0.3) is 0 Å². The summed E-state index contributed by atoms with van der Waals surface area (Å²) in [6, 6.07) is 3.71. The number of ether oxygens (including phenoxy) is 1. The van der Waals surface area contributed by atoms with Crippen LogP contribution in [0.15, 0.2) is 18.3 Å². The number of hydrogen-bond donors (Lipinski definition) is 3. The molecule has 1 aromatic rings. The van der Waals surface area contributed by atoms with Gasteiger partial charge in [0.05, 0.1) is 11.6 Å². The number of hydrazine groups is 1. The van der Waals surface area contributed by atoms with Crippen molar-refractivity contribution in [3.63, 3.8) is 0 Å². The highest BCUT2D eigenvalue weighted by molar-refractivity contribution is 5.42. The van der Waals surface area contributed by atoms with Crippen LogP contribution in [0.4, 0.5) is 5.82 Å². The van der Waals surface area contributed by atoms with Crippen LogP contribution in [0.5, 0.6) is 0 Å². The number of nitrogens with two attached hydrogens (primary N) is 2. The van der Waals surface area contributed by atoms with Crippen molar-refractivity contribution in [2.24, 2.45) is 5.84 Å². The van der Waals surface area contributed by atoms with Crippen LogP contribution in [0.25, 0.3) is 0 Å². The fourth-order valence-electron chi connectivity index (χ4n) is 2.78. The van der Waals surface area contributed by atoms with Gasteiger partial charge in [-0.1, -0.05) is 18.9 Å². The fourth-order valence-corrected chi connectivity index (χ4v) is 2.78. The summed E-state index contributed by atoms with van der Waals surface area (Å²) < 4.78 is 5.74. The third-order valence-corrected chi connectivity index (χ3v) is 3.73. The maximum absolute atomic E-state index is 5.92. The lowest BCUT2D eigenvalue weighted by Gasteiger charge is -2.36. The lowest BCUT2D eigenvalue weighted by atomic mass is 9.87. The maximum atomic E-state index is 5.92. The lowest BCUT2D eigenvalue weighted by Crippen LogP contribution is -2.46. The molecule has 0 saturated heterocycles. The van der Waals surface area contributed by atoms with E-state index >= 15 is 0 Å². The van der Waals surface area contributed by atoms with Gasteiger partial charge in [-0.15, -0.1) is 0 Å². The Bertz CT molecular complexity index is 377. The highest BCUT2D eigenvalue weighted by atomic mass is 16.5. The van der Waals surface area contributed by atoms with E-state index in [2.05, 4.69) is 10.4 Å². The number of aromatic nitrogens is 1. The summed E-state index contributed by atoms with van der Waals surface area (Å²) in [6.45, 7) is 0. The Balaban J connectivity index is 2.36. The van der Waals surface area contributed by atoms with Crippen molar-refractivity contribution in [1.82, 2.24) is 10.4 Å². The first-order chi connectivity index (χ1) is 8.23. The Morgan fingerprint density at radius 3 is 2.71 bits per heavy atom. The van der Waals surface area contributed by atoms with Gasteiger partial charge in [-0.05, 0) is 18.9 Å². The van der Waals surface area contributed by atoms with Crippen molar-refractivity contribution in [3.8, 4) is 0 Å². The number of anilines is 1. The predicted octanol–water partition coefficient (Wildman–Crippen LogP) is 1.13. The lowest BCUT2D eigenvalue weighted by molar-refractivity contribution is -0.0367. The molecular formula is C12H20N4O. The van der Waals surface area contributed by atoms with Gasteiger partial charge in [0.15, 0.2) is 0 Å². The van der Waals surface area contributed by atoms with E-state index in [4.69, 9.17) is 16.3 Å². The summed E-state index contributed by atoms with van der Waals surface area (Å²) in [5, 5.41) is 0. The second-order valence-electron chi connectivity index (χ2n) is 4.55. The normalized spacial score (nSPS) is 20.4. The highest BCUT2D eigenvalue weighted by Gasteiger charge is 2.42. The smallest absolute Gasteiger partial charge is 0.128 e. The number of methoxy groups -OCH3 is 1. The van der Waals surface area contributed by atoms with E-state index in [1.807, 2.05) is 12.1 Å². The van der Waals surface area contributed by atoms with E-state index in [1.54, 1.807) is 13.3 Å².